The van der Waals surface area contributed by atoms with E-state index in [9.17, 15) is 18.8 Å². The molecule has 2 aliphatic heterocycles. The lowest BCUT2D eigenvalue weighted by atomic mass is 10.0. The van der Waals surface area contributed by atoms with E-state index in [1.807, 2.05) is 6.07 Å². The molecule has 0 saturated carbocycles. The number of hydrogen-bond donors (Lipinski definition) is 0. The number of benzene rings is 2. The third-order valence-electron chi connectivity index (χ3n) is 5.87. The Morgan fingerprint density at radius 2 is 1.85 bits per heavy atom. The first-order chi connectivity index (χ1) is 16.1. The molecule has 10 heteroatoms. The zero-order chi connectivity index (χ0) is 24.6. The fourth-order valence-corrected chi connectivity index (χ4v) is 4.22. The molecule has 34 heavy (non-hydrogen) atoms. The summed E-state index contributed by atoms with van der Waals surface area (Å²) in [7, 11) is 0. The summed E-state index contributed by atoms with van der Waals surface area (Å²) in [6.07, 6.45) is 0.739. The number of hydrogen-bond acceptors (Lipinski definition) is 6. The normalized spacial score (nSPS) is 18.2. The Labute approximate surface area is 200 Å². The van der Waals surface area contributed by atoms with Crippen molar-refractivity contribution in [1.29, 1.82) is 5.26 Å². The highest BCUT2D eigenvalue weighted by atomic mass is 35.5. The Kier molecular flexibility index (Phi) is 6.30. The molecule has 176 valence electrons. The van der Waals surface area contributed by atoms with Crippen molar-refractivity contribution in [1.82, 2.24) is 0 Å². The number of imide groups is 1. The number of nitriles is 1. The molecule has 2 fully saturated rings. The van der Waals surface area contributed by atoms with Gasteiger partial charge in [0.25, 0.3) is 5.91 Å². The van der Waals surface area contributed by atoms with E-state index in [1.54, 1.807) is 0 Å². The molecule has 0 radical (unpaired) electrons. The van der Waals surface area contributed by atoms with E-state index in [1.165, 1.54) is 44.2 Å². The number of carbonyl (C=O) groups excluding carboxylic acids is 3. The van der Waals surface area contributed by atoms with Crippen LogP contribution < -0.4 is 9.80 Å². The summed E-state index contributed by atoms with van der Waals surface area (Å²) in [6, 6.07) is 9.07. The Morgan fingerprint density at radius 1 is 1.18 bits per heavy atom. The van der Waals surface area contributed by atoms with Gasteiger partial charge in [-0.1, -0.05) is 11.6 Å². The van der Waals surface area contributed by atoms with Crippen LogP contribution in [0.25, 0.3) is 0 Å². The van der Waals surface area contributed by atoms with Crippen molar-refractivity contribution >= 4 is 40.9 Å². The second kappa shape index (κ2) is 9.05. The van der Waals surface area contributed by atoms with Crippen molar-refractivity contribution in [3.8, 4) is 6.07 Å². The SMILES string of the molecule is CC1(C)C(=O)N(c2ccc(C#N)c(Cl)c2)C(=O)N1c1ccc(C(=O)OC2CCOCC2)c(F)c1. The van der Waals surface area contributed by atoms with Gasteiger partial charge in [-0.25, -0.2) is 18.9 Å². The molecule has 0 atom stereocenters. The summed E-state index contributed by atoms with van der Waals surface area (Å²) in [4.78, 5) is 41.0. The van der Waals surface area contributed by atoms with Crippen LogP contribution in [0.15, 0.2) is 36.4 Å². The zero-order valence-electron chi connectivity index (χ0n) is 18.5. The van der Waals surface area contributed by atoms with Gasteiger partial charge in [0.05, 0.1) is 35.1 Å². The first-order valence-electron chi connectivity index (χ1n) is 10.6. The molecule has 4 rings (SSSR count). The van der Waals surface area contributed by atoms with E-state index in [-0.39, 0.29) is 33.6 Å². The van der Waals surface area contributed by atoms with Gasteiger partial charge in [-0.05, 0) is 50.2 Å². The highest BCUT2D eigenvalue weighted by molar-refractivity contribution is 6.33. The molecule has 0 bridgehead atoms. The minimum atomic E-state index is -1.35. The lowest BCUT2D eigenvalue weighted by Crippen LogP contribution is -2.44. The molecule has 2 aromatic carbocycles. The molecule has 3 amide bonds. The maximum Gasteiger partial charge on any atom is 0.341 e. The monoisotopic (exact) mass is 485 g/mol. The number of rotatable bonds is 4. The summed E-state index contributed by atoms with van der Waals surface area (Å²) < 4.78 is 25.5. The highest BCUT2D eigenvalue weighted by Gasteiger charge is 2.52. The fourth-order valence-electron chi connectivity index (χ4n) is 4.01. The molecule has 0 spiro atoms. The Hall–Kier alpha value is -3.48. The smallest absolute Gasteiger partial charge is 0.341 e. The average molecular weight is 486 g/mol. The van der Waals surface area contributed by atoms with Crippen molar-refractivity contribution in [2.75, 3.05) is 23.0 Å². The van der Waals surface area contributed by atoms with Crippen LogP contribution in [-0.2, 0) is 14.3 Å². The molecule has 2 saturated heterocycles. The van der Waals surface area contributed by atoms with Crippen LogP contribution in [-0.4, -0.2) is 42.8 Å². The summed E-state index contributed by atoms with van der Waals surface area (Å²) >= 11 is 6.08. The largest absolute Gasteiger partial charge is 0.459 e. The van der Waals surface area contributed by atoms with Gasteiger partial charge < -0.3 is 9.47 Å². The van der Waals surface area contributed by atoms with Crippen LogP contribution in [0.5, 0.6) is 0 Å². The van der Waals surface area contributed by atoms with E-state index < -0.39 is 29.3 Å². The highest BCUT2D eigenvalue weighted by Crippen LogP contribution is 2.37. The molecule has 0 N–H and O–H groups in total. The van der Waals surface area contributed by atoms with Gasteiger partial charge in [-0.2, -0.15) is 5.26 Å². The van der Waals surface area contributed by atoms with Crippen molar-refractivity contribution in [3.05, 3.63) is 58.4 Å². The van der Waals surface area contributed by atoms with E-state index >= 15 is 0 Å². The summed E-state index contributed by atoms with van der Waals surface area (Å²) in [5, 5.41) is 9.16. The number of halogens is 2. The maximum absolute atomic E-state index is 14.9. The third-order valence-corrected chi connectivity index (χ3v) is 6.18. The topological polar surface area (TPSA) is 99.9 Å². The number of esters is 1. The number of nitrogens with zero attached hydrogens (tertiary/aromatic N) is 3. The number of urea groups is 1. The predicted molar refractivity (Wildman–Crippen MR) is 121 cm³/mol. The fraction of sp³-hybridized carbons (Fsp3) is 0.333. The lowest BCUT2D eigenvalue weighted by molar-refractivity contribution is -0.120. The summed E-state index contributed by atoms with van der Waals surface area (Å²) in [5.41, 5.74) is -1.13. The minimum Gasteiger partial charge on any atom is -0.459 e. The summed E-state index contributed by atoms with van der Waals surface area (Å²) in [6.45, 7) is 4.01. The number of ether oxygens (including phenoxy) is 2. The molecule has 0 unspecified atom stereocenters. The van der Waals surface area contributed by atoms with Crippen LogP contribution >= 0.6 is 11.6 Å². The van der Waals surface area contributed by atoms with Crippen molar-refractivity contribution < 1.29 is 28.2 Å². The van der Waals surface area contributed by atoms with Crippen LogP contribution in [0, 0.1) is 17.1 Å². The Balaban J connectivity index is 1.62. The molecule has 0 aromatic heterocycles. The standard InChI is InChI=1S/C24H21ClFN3O5/c1-24(2)22(31)28(15-4-3-14(13-27)19(25)11-15)23(32)29(24)16-5-6-18(20(26)12-16)21(30)34-17-7-9-33-10-8-17/h3-6,11-12,17H,7-10H2,1-2H3. The molecule has 2 heterocycles. The predicted octanol–water partition coefficient (Wildman–Crippen LogP) is 4.44. The van der Waals surface area contributed by atoms with Gasteiger partial charge in [-0.3, -0.25) is 9.69 Å². The second-order valence-electron chi connectivity index (χ2n) is 8.47. The quantitative estimate of drug-likeness (QED) is 0.469. The van der Waals surface area contributed by atoms with Gasteiger partial charge in [0.2, 0.25) is 0 Å². The number of amides is 3. The molecular formula is C24H21ClFN3O5. The third kappa shape index (κ3) is 4.11. The van der Waals surface area contributed by atoms with Crippen LogP contribution in [0.4, 0.5) is 20.6 Å². The second-order valence-corrected chi connectivity index (χ2v) is 8.88. The minimum absolute atomic E-state index is 0.0929. The Bertz CT molecular complexity index is 1220. The number of anilines is 2. The van der Waals surface area contributed by atoms with Gasteiger partial charge >= 0.3 is 12.0 Å². The van der Waals surface area contributed by atoms with Crippen LogP contribution in [0.1, 0.15) is 42.6 Å². The van der Waals surface area contributed by atoms with Crippen molar-refractivity contribution in [2.24, 2.45) is 0 Å². The molecule has 2 aliphatic rings. The van der Waals surface area contributed by atoms with Gasteiger partial charge in [0.1, 0.15) is 23.5 Å². The summed E-state index contributed by atoms with van der Waals surface area (Å²) in [5.74, 6) is -2.22. The zero-order valence-corrected chi connectivity index (χ0v) is 19.3. The van der Waals surface area contributed by atoms with Crippen molar-refractivity contribution in [3.63, 3.8) is 0 Å². The number of carbonyl (C=O) groups is 3. The van der Waals surface area contributed by atoms with Crippen LogP contribution in [0.3, 0.4) is 0 Å². The van der Waals surface area contributed by atoms with Gasteiger partial charge in [0, 0.05) is 18.5 Å². The first-order valence-corrected chi connectivity index (χ1v) is 11.0. The van der Waals surface area contributed by atoms with E-state index in [0.717, 1.165) is 15.9 Å². The van der Waals surface area contributed by atoms with Crippen molar-refractivity contribution in [2.45, 2.75) is 38.3 Å². The lowest BCUT2D eigenvalue weighted by Gasteiger charge is -2.28. The molecule has 0 aliphatic carbocycles. The van der Waals surface area contributed by atoms with Gasteiger partial charge in [0.15, 0.2) is 0 Å². The Morgan fingerprint density at radius 3 is 2.47 bits per heavy atom. The first kappa shape index (κ1) is 23.7. The van der Waals surface area contributed by atoms with E-state index in [0.29, 0.717) is 26.1 Å². The molecule has 8 nitrogen and oxygen atoms in total. The molecule has 2 aromatic rings. The average Bonchev–Trinajstić information content (AvgIpc) is 2.97. The van der Waals surface area contributed by atoms with E-state index in [4.69, 9.17) is 26.3 Å². The van der Waals surface area contributed by atoms with Gasteiger partial charge in [-0.15, -0.1) is 0 Å². The maximum atomic E-state index is 14.9. The van der Waals surface area contributed by atoms with Crippen LogP contribution in [0.2, 0.25) is 5.02 Å². The molecular weight excluding hydrogens is 465 g/mol. The van der Waals surface area contributed by atoms with E-state index in [2.05, 4.69) is 0 Å².